The standard InChI is InChI=1S/C24H40O4/c1-19(2)9-7-11-21(5)15-17-27-23(25)13-14-24(26)28-18-16-22(6)12-8-10-20(3)4/h9-10,13-14,21-22H,7-8,11-12,15-18H2,1-6H3/b14-13-. The van der Waals surface area contributed by atoms with E-state index in [1.54, 1.807) is 0 Å². The van der Waals surface area contributed by atoms with Crippen LogP contribution in [0.5, 0.6) is 0 Å². The van der Waals surface area contributed by atoms with E-state index in [0.29, 0.717) is 25.0 Å². The molecule has 0 aromatic rings. The first-order chi connectivity index (χ1) is 13.2. The van der Waals surface area contributed by atoms with Gasteiger partial charge in [0, 0.05) is 12.2 Å². The third-order valence-electron chi connectivity index (χ3n) is 4.49. The molecule has 0 heterocycles. The van der Waals surface area contributed by atoms with E-state index in [0.717, 1.165) is 50.7 Å². The van der Waals surface area contributed by atoms with Gasteiger partial charge in [0.1, 0.15) is 0 Å². The number of rotatable bonds is 14. The van der Waals surface area contributed by atoms with E-state index in [9.17, 15) is 9.59 Å². The van der Waals surface area contributed by atoms with Crippen LogP contribution in [0, 0.1) is 11.8 Å². The molecule has 0 saturated carbocycles. The largest absolute Gasteiger partial charge is 0.463 e. The van der Waals surface area contributed by atoms with Crippen LogP contribution in [0.15, 0.2) is 35.5 Å². The van der Waals surface area contributed by atoms with Crippen molar-refractivity contribution in [3.63, 3.8) is 0 Å². The maximum absolute atomic E-state index is 11.7. The molecule has 0 aliphatic heterocycles. The smallest absolute Gasteiger partial charge is 0.331 e. The molecular formula is C24H40O4. The molecule has 0 bridgehead atoms. The van der Waals surface area contributed by atoms with Crippen molar-refractivity contribution in [1.82, 2.24) is 0 Å². The van der Waals surface area contributed by atoms with Crippen LogP contribution in [0.1, 0.15) is 80.1 Å². The van der Waals surface area contributed by atoms with Crippen LogP contribution in [0.2, 0.25) is 0 Å². The van der Waals surface area contributed by atoms with Gasteiger partial charge in [-0.05, 0) is 78.1 Å². The number of carbonyl (C=O) groups excluding carboxylic acids is 2. The van der Waals surface area contributed by atoms with Gasteiger partial charge in [0.05, 0.1) is 13.2 Å². The molecule has 0 radical (unpaired) electrons. The molecule has 160 valence electrons. The zero-order chi connectivity index (χ0) is 21.4. The van der Waals surface area contributed by atoms with Gasteiger partial charge in [-0.3, -0.25) is 0 Å². The molecule has 0 amide bonds. The number of hydrogen-bond acceptors (Lipinski definition) is 4. The third kappa shape index (κ3) is 17.6. The Morgan fingerprint density at radius 3 is 1.36 bits per heavy atom. The molecule has 0 rings (SSSR count). The Balaban J connectivity index is 3.85. The molecule has 4 heteroatoms. The zero-order valence-corrected chi connectivity index (χ0v) is 18.8. The average molecular weight is 393 g/mol. The van der Waals surface area contributed by atoms with Gasteiger partial charge in [0.2, 0.25) is 0 Å². The molecule has 28 heavy (non-hydrogen) atoms. The second-order valence-corrected chi connectivity index (χ2v) is 8.17. The maximum Gasteiger partial charge on any atom is 0.331 e. The first-order valence-corrected chi connectivity index (χ1v) is 10.5. The Morgan fingerprint density at radius 1 is 0.679 bits per heavy atom. The van der Waals surface area contributed by atoms with Crippen LogP contribution >= 0.6 is 0 Å². The van der Waals surface area contributed by atoms with E-state index in [4.69, 9.17) is 9.47 Å². The van der Waals surface area contributed by atoms with E-state index in [1.807, 2.05) is 0 Å². The summed E-state index contributed by atoms with van der Waals surface area (Å²) in [7, 11) is 0. The summed E-state index contributed by atoms with van der Waals surface area (Å²) in [6.45, 7) is 13.4. The van der Waals surface area contributed by atoms with Gasteiger partial charge in [-0.25, -0.2) is 9.59 Å². The molecule has 4 nitrogen and oxygen atoms in total. The summed E-state index contributed by atoms with van der Waals surface area (Å²) >= 11 is 0. The molecular weight excluding hydrogens is 352 g/mol. The SMILES string of the molecule is CC(C)=CCCC(C)CCOC(=O)/C=C\C(=O)OCCC(C)CCC=C(C)C. The summed E-state index contributed by atoms with van der Waals surface area (Å²) in [6, 6.07) is 0. The lowest BCUT2D eigenvalue weighted by atomic mass is 10.0. The molecule has 0 aromatic heterocycles. The molecule has 0 aromatic carbocycles. The number of allylic oxidation sites excluding steroid dienone is 4. The fraction of sp³-hybridized carbons (Fsp3) is 0.667. The topological polar surface area (TPSA) is 52.6 Å². The Labute approximate surface area is 172 Å². The molecule has 2 unspecified atom stereocenters. The van der Waals surface area contributed by atoms with Crippen LogP contribution in [-0.2, 0) is 19.1 Å². The minimum absolute atomic E-state index is 0.372. The summed E-state index contributed by atoms with van der Waals surface area (Å²) in [5, 5.41) is 0. The second kappa shape index (κ2) is 16.1. The highest BCUT2D eigenvalue weighted by atomic mass is 16.5. The predicted molar refractivity (Wildman–Crippen MR) is 116 cm³/mol. The van der Waals surface area contributed by atoms with Crippen molar-refractivity contribution in [3.05, 3.63) is 35.5 Å². The van der Waals surface area contributed by atoms with E-state index < -0.39 is 11.9 Å². The maximum atomic E-state index is 11.7. The minimum atomic E-state index is -0.497. The zero-order valence-electron chi connectivity index (χ0n) is 18.8. The van der Waals surface area contributed by atoms with Crippen LogP contribution < -0.4 is 0 Å². The molecule has 0 spiro atoms. The number of ether oxygens (including phenoxy) is 2. The van der Waals surface area contributed by atoms with Gasteiger partial charge in [-0.1, -0.05) is 37.1 Å². The molecule has 2 atom stereocenters. The fourth-order valence-corrected chi connectivity index (χ4v) is 2.56. The molecule has 0 saturated heterocycles. The van der Waals surface area contributed by atoms with Gasteiger partial charge < -0.3 is 9.47 Å². The highest BCUT2D eigenvalue weighted by molar-refractivity contribution is 5.91. The molecule has 0 aliphatic rings. The Kier molecular flexibility index (Phi) is 15.1. The van der Waals surface area contributed by atoms with Gasteiger partial charge in [-0.2, -0.15) is 0 Å². The van der Waals surface area contributed by atoms with Crippen molar-refractivity contribution >= 4 is 11.9 Å². The Hall–Kier alpha value is -1.84. The number of esters is 2. The van der Waals surface area contributed by atoms with Gasteiger partial charge in [-0.15, -0.1) is 0 Å². The van der Waals surface area contributed by atoms with Crippen LogP contribution in [-0.4, -0.2) is 25.2 Å². The second-order valence-electron chi connectivity index (χ2n) is 8.17. The monoisotopic (exact) mass is 392 g/mol. The first-order valence-electron chi connectivity index (χ1n) is 10.5. The van der Waals surface area contributed by atoms with E-state index in [1.165, 1.54) is 11.1 Å². The Morgan fingerprint density at radius 2 is 1.04 bits per heavy atom. The van der Waals surface area contributed by atoms with Gasteiger partial charge in [0.25, 0.3) is 0 Å². The number of hydrogen-bond donors (Lipinski definition) is 0. The Bertz CT molecular complexity index is 487. The highest BCUT2D eigenvalue weighted by Crippen LogP contribution is 2.13. The minimum Gasteiger partial charge on any atom is -0.463 e. The number of carbonyl (C=O) groups is 2. The van der Waals surface area contributed by atoms with Crippen molar-refractivity contribution in [3.8, 4) is 0 Å². The average Bonchev–Trinajstić information content (AvgIpc) is 2.59. The lowest BCUT2D eigenvalue weighted by Crippen LogP contribution is -2.09. The summed E-state index contributed by atoms with van der Waals surface area (Å²) in [5.74, 6) is -0.000731. The molecule has 0 aliphatic carbocycles. The van der Waals surface area contributed by atoms with Gasteiger partial charge in [0.15, 0.2) is 0 Å². The van der Waals surface area contributed by atoms with Crippen molar-refractivity contribution in [1.29, 1.82) is 0 Å². The summed E-state index contributed by atoms with van der Waals surface area (Å²) < 4.78 is 10.3. The van der Waals surface area contributed by atoms with Crippen molar-refractivity contribution in [2.24, 2.45) is 11.8 Å². The highest BCUT2D eigenvalue weighted by Gasteiger charge is 2.06. The van der Waals surface area contributed by atoms with E-state index in [-0.39, 0.29) is 0 Å². The van der Waals surface area contributed by atoms with Crippen LogP contribution in [0.4, 0.5) is 0 Å². The fourth-order valence-electron chi connectivity index (χ4n) is 2.56. The van der Waals surface area contributed by atoms with E-state index in [2.05, 4.69) is 53.7 Å². The predicted octanol–water partition coefficient (Wildman–Crippen LogP) is 6.17. The van der Waals surface area contributed by atoms with E-state index >= 15 is 0 Å². The quantitative estimate of drug-likeness (QED) is 0.201. The van der Waals surface area contributed by atoms with Crippen LogP contribution in [0.25, 0.3) is 0 Å². The third-order valence-corrected chi connectivity index (χ3v) is 4.49. The van der Waals surface area contributed by atoms with Crippen molar-refractivity contribution in [2.45, 2.75) is 80.1 Å². The first kappa shape index (κ1) is 26.2. The molecule has 0 N–H and O–H groups in total. The lowest BCUT2D eigenvalue weighted by molar-refractivity contribution is -0.140. The summed E-state index contributed by atoms with van der Waals surface area (Å²) in [5.41, 5.74) is 2.66. The summed E-state index contributed by atoms with van der Waals surface area (Å²) in [6.07, 6.45) is 12.7. The van der Waals surface area contributed by atoms with Crippen molar-refractivity contribution < 1.29 is 19.1 Å². The lowest BCUT2D eigenvalue weighted by Gasteiger charge is -2.10. The normalized spacial score (nSPS) is 12.9. The van der Waals surface area contributed by atoms with Crippen LogP contribution in [0.3, 0.4) is 0 Å². The summed E-state index contributed by atoms with van der Waals surface area (Å²) in [4.78, 5) is 23.3. The van der Waals surface area contributed by atoms with Crippen molar-refractivity contribution in [2.75, 3.05) is 13.2 Å². The van der Waals surface area contributed by atoms with Gasteiger partial charge >= 0.3 is 11.9 Å². The molecule has 0 fully saturated rings.